The van der Waals surface area contributed by atoms with Gasteiger partial charge < -0.3 is 19.8 Å². The van der Waals surface area contributed by atoms with Crippen molar-refractivity contribution < 1.29 is 19.7 Å². The van der Waals surface area contributed by atoms with Crippen molar-refractivity contribution in [3.05, 3.63) is 0 Å². The summed E-state index contributed by atoms with van der Waals surface area (Å²) < 4.78 is 5.22. The fourth-order valence-corrected chi connectivity index (χ4v) is 1.74. The van der Waals surface area contributed by atoms with Gasteiger partial charge in [0, 0.05) is 0 Å². The molecule has 2 atom stereocenters. The first-order valence-electron chi connectivity index (χ1n) is 5.62. The Hall–Kier alpha value is -0.810. The third-order valence-electron chi connectivity index (χ3n) is 2.52. The number of likely N-dealkylation sites (tertiary alicyclic amines) is 1. The molecule has 5 heteroatoms. The van der Waals surface area contributed by atoms with Crippen molar-refractivity contribution in [2.45, 2.75) is 51.4 Å². The molecule has 1 rings (SSSR count). The predicted molar refractivity (Wildman–Crippen MR) is 59.1 cm³/mol. The van der Waals surface area contributed by atoms with Crippen LogP contribution in [0.3, 0.4) is 0 Å². The number of piperidine rings is 1. The molecule has 0 aliphatic carbocycles. The topological polar surface area (TPSA) is 70.0 Å². The standard InChI is InChI=1S/C11H21NO4/c1-11(2,3)16-10(15)12-6-9(14)5-4-8(12)7-13/h8-9,13-14H,4-7H2,1-3H3/t8-,9?/m0/s1. The molecule has 0 radical (unpaired) electrons. The summed E-state index contributed by atoms with van der Waals surface area (Å²) in [7, 11) is 0. The molecule has 0 bridgehead atoms. The Labute approximate surface area is 96.0 Å². The van der Waals surface area contributed by atoms with Crippen molar-refractivity contribution in [3.8, 4) is 0 Å². The van der Waals surface area contributed by atoms with Crippen LogP contribution in [0.2, 0.25) is 0 Å². The first kappa shape index (κ1) is 13.3. The molecule has 94 valence electrons. The van der Waals surface area contributed by atoms with Crippen molar-refractivity contribution >= 4 is 6.09 Å². The van der Waals surface area contributed by atoms with Gasteiger partial charge in [0.25, 0.3) is 0 Å². The molecule has 1 aliphatic heterocycles. The molecule has 0 aromatic carbocycles. The van der Waals surface area contributed by atoms with E-state index in [9.17, 15) is 9.90 Å². The zero-order chi connectivity index (χ0) is 12.3. The van der Waals surface area contributed by atoms with Crippen LogP contribution in [0, 0.1) is 0 Å². The van der Waals surface area contributed by atoms with Gasteiger partial charge in [0.15, 0.2) is 0 Å². The highest BCUT2D eigenvalue weighted by atomic mass is 16.6. The number of β-amino-alcohol motifs (C(OH)–C–C–N with tert-alkyl or cyclic N) is 1. The number of carbonyl (C=O) groups excluding carboxylic acids is 1. The maximum atomic E-state index is 11.8. The van der Waals surface area contributed by atoms with Crippen LogP contribution in [0.15, 0.2) is 0 Å². The van der Waals surface area contributed by atoms with E-state index in [1.165, 1.54) is 4.90 Å². The molecule has 5 nitrogen and oxygen atoms in total. The molecular weight excluding hydrogens is 210 g/mol. The molecule has 16 heavy (non-hydrogen) atoms. The lowest BCUT2D eigenvalue weighted by Gasteiger charge is -2.37. The number of aliphatic hydroxyl groups is 2. The third-order valence-corrected chi connectivity index (χ3v) is 2.52. The van der Waals surface area contributed by atoms with Crippen molar-refractivity contribution in [2.24, 2.45) is 0 Å². The minimum Gasteiger partial charge on any atom is -0.444 e. The number of amides is 1. The molecular formula is C11H21NO4. The van der Waals surface area contributed by atoms with E-state index < -0.39 is 17.8 Å². The Bertz CT molecular complexity index is 249. The van der Waals surface area contributed by atoms with E-state index in [0.717, 1.165) is 0 Å². The number of ether oxygens (including phenoxy) is 1. The summed E-state index contributed by atoms with van der Waals surface area (Å²) in [5.74, 6) is 0. The van der Waals surface area contributed by atoms with E-state index in [1.54, 1.807) is 20.8 Å². The van der Waals surface area contributed by atoms with Crippen molar-refractivity contribution in [1.82, 2.24) is 4.90 Å². The monoisotopic (exact) mass is 231 g/mol. The molecule has 1 amide bonds. The number of rotatable bonds is 1. The van der Waals surface area contributed by atoms with Crippen molar-refractivity contribution in [3.63, 3.8) is 0 Å². The third kappa shape index (κ3) is 3.64. The lowest BCUT2D eigenvalue weighted by atomic mass is 10.0. The second-order valence-corrected chi connectivity index (χ2v) is 5.20. The summed E-state index contributed by atoms with van der Waals surface area (Å²) in [6.45, 7) is 5.52. The van der Waals surface area contributed by atoms with E-state index >= 15 is 0 Å². The average Bonchev–Trinajstić information content (AvgIpc) is 2.15. The summed E-state index contributed by atoms with van der Waals surface area (Å²) in [5, 5.41) is 18.7. The van der Waals surface area contributed by atoms with Gasteiger partial charge in [0.2, 0.25) is 0 Å². The molecule has 1 fully saturated rings. The van der Waals surface area contributed by atoms with Gasteiger partial charge in [-0.25, -0.2) is 4.79 Å². The van der Waals surface area contributed by atoms with Crippen LogP contribution in [0.1, 0.15) is 33.6 Å². The van der Waals surface area contributed by atoms with Gasteiger partial charge in [-0.1, -0.05) is 0 Å². The summed E-state index contributed by atoms with van der Waals surface area (Å²) in [6, 6.07) is -0.238. The maximum absolute atomic E-state index is 11.8. The lowest BCUT2D eigenvalue weighted by molar-refractivity contribution is -0.0223. The van der Waals surface area contributed by atoms with Crippen molar-refractivity contribution in [1.29, 1.82) is 0 Å². The zero-order valence-corrected chi connectivity index (χ0v) is 10.1. The molecule has 1 aliphatic rings. The Balaban J connectivity index is 2.63. The maximum Gasteiger partial charge on any atom is 0.410 e. The normalized spacial score (nSPS) is 26.7. The minimum atomic E-state index is -0.556. The summed E-state index contributed by atoms with van der Waals surface area (Å²) in [5.41, 5.74) is -0.556. The van der Waals surface area contributed by atoms with Crippen LogP contribution >= 0.6 is 0 Å². The highest BCUT2D eigenvalue weighted by molar-refractivity contribution is 5.68. The van der Waals surface area contributed by atoms with Crippen molar-refractivity contribution in [2.75, 3.05) is 13.2 Å². The minimum absolute atomic E-state index is 0.0913. The number of nitrogens with zero attached hydrogens (tertiary/aromatic N) is 1. The first-order chi connectivity index (χ1) is 7.33. The van der Waals surface area contributed by atoms with Gasteiger partial charge in [-0.15, -0.1) is 0 Å². The van der Waals surface area contributed by atoms with Gasteiger partial charge in [-0.05, 0) is 33.6 Å². The fourth-order valence-electron chi connectivity index (χ4n) is 1.74. The zero-order valence-electron chi connectivity index (χ0n) is 10.1. The molecule has 0 aromatic heterocycles. The molecule has 0 saturated carbocycles. The van der Waals surface area contributed by atoms with Gasteiger partial charge in [0.05, 0.1) is 25.3 Å². The second kappa shape index (κ2) is 5.01. The van der Waals surface area contributed by atoms with Gasteiger partial charge in [-0.2, -0.15) is 0 Å². The van der Waals surface area contributed by atoms with E-state index in [2.05, 4.69) is 0 Å². The SMILES string of the molecule is CC(C)(C)OC(=O)N1CC(O)CC[C@H]1CO. The number of hydrogen-bond donors (Lipinski definition) is 2. The summed E-state index contributed by atoms with van der Waals surface area (Å²) in [6.07, 6.45) is 0.238. The Morgan fingerprint density at radius 2 is 2.06 bits per heavy atom. The van der Waals surface area contributed by atoms with E-state index in [1.807, 2.05) is 0 Å². The fraction of sp³-hybridized carbons (Fsp3) is 0.909. The van der Waals surface area contributed by atoms with Crippen LogP contribution in [0.4, 0.5) is 4.79 Å². The average molecular weight is 231 g/mol. The van der Waals surface area contributed by atoms with Gasteiger partial charge in [-0.3, -0.25) is 0 Å². The number of carbonyl (C=O) groups is 1. The Kier molecular flexibility index (Phi) is 4.15. The van der Waals surface area contributed by atoms with E-state index in [0.29, 0.717) is 12.8 Å². The van der Waals surface area contributed by atoms with E-state index in [-0.39, 0.29) is 19.2 Å². The second-order valence-electron chi connectivity index (χ2n) is 5.20. The predicted octanol–water partition coefficient (Wildman–Crippen LogP) is 0.739. The molecule has 1 unspecified atom stereocenters. The first-order valence-corrected chi connectivity index (χ1v) is 5.62. The summed E-state index contributed by atoms with van der Waals surface area (Å²) >= 11 is 0. The highest BCUT2D eigenvalue weighted by Crippen LogP contribution is 2.20. The Morgan fingerprint density at radius 3 is 2.56 bits per heavy atom. The quantitative estimate of drug-likeness (QED) is 0.698. The molecule has 0 spiro atoms. The van der Waals surface area contributed by atoms with Gasteiger partial charge >= 0.3 is 6.09 Å². The van der Waals surface area contributed by atoms with Crippen LogP contribution < -0.4 is 0 Å². The number of aliphatic hydroxyl groups excluding tert-OH is 2. The molecule has 2 N–H and O–H groups in total. The highest BCUT2D eigenvalue weighted by Gasteiger charge is 2.33. The molecule has 1 heterocycles. The van der Waals surface area contributed by atoms with E-state index in [4.69, 9.17) is 9.84 Å². The Morgan fingerprint density at radius 1 is 1.44 bits per heavy atom. The summed E-state index contributed by atoms with van der Waals surface area (Å²) in [4.78, 5) is 13.2. The molecule has 0 aromatic rings. The smallest absolute Gasteiger partial charge is 0.410 e. The van der Waals surface area contributed by atoms with Crippen LogP contribution in [-0.2, 0) is 4.74 Å². The largest absolute Gasteiger partial charge is 0.444 e. The molecule has 1 saturated heterocycles. The van der Waals surface area contributed by atoms with Crippen LogP contribution in [-0.4, -0.2) is 52.1 Å². The number of hydrogen-bond acceptors (Lipinski definition) is 4. The lowest BCUT2D eigenvalue weighted by Crippen LogP contribution is -2.51. The van der Waals surface area contributed by atoms with Crippen LogP contribution in [0.25, 0.3) is 0 Å². The van der Waals surface area contributed by atoms with Gasteiger partial charge in [0.1, 0.15) is 5.60 Å². The van der Waals surface area contributed by atoms with Crippen LogP contribution in [0.5, 0.6) is 0 Å².